The van der Waals surface area contributed by atoms with Crippen molar-refractivity contribution in [1.29, 1.82) is 0 Å². The fourth-order valence-electron chi connectivity index (χ4n) is 3.65. The van der Waals surface area contributed by atoms with Crippen molar-refractivity contribution in [2.24, 2.45) is 0 Å². The van der Waals surface area contributed by atoms with Crippen molar-refractivity contribution in [2.45, 2.75) is 37.9 Å². The van der Waals surface area contributed by atoms with Crippen molar-refractivity contribution in [3.63, 3.8) is 0 Å². The minimum atomic E-state index is -4.28. The van der Waals surface area contributed by atoms with Crippen LogP contribution in [0.2, 0.25) is 10.0 Å². The standard InChI is InChI=1S/C22H21Cl2F3N2O2/c1-13(14-3-5-15(23)6-4-14)12-29-19(20(30)28-10-2-9-22(25,26)27)18-11-16(24)7-8-17(18)21(29)31/h3-8,11,13,19H,2,9-10,12H2,1H3,(H,28,30). The van der Waals surface area contributed by atoms with Gasteiger partial charge in [0, 0.05) is 35.1 Å². The Kier molecular flexibility index (Phi) is 7.17. The maximum Gasteiger partial charge on any atom is 0.389 e. The zero-order valence-electron chi connectivity index (χ0n) is 16.7. The van der Waals surface area contributed by atoms with Gasteiger partial charge >= 0.3 is 6.18 Å². The van der Waals surface area contributed by atoms with E-state index in [2.05, 4.69) is 5.32 Å². The molecular weight excluding hydrogens is 452 g/mol. The average Bonchev–Trinajstić information content (AvgIpc) is 2.96. The number of rotatable bonds is 7. The third kappa shape index (κ3) is 5.71. The first-order valence-corrected chi connectivity index (χ1v) is 10.5. The molecule has 0 bridgehead atoms. The molecule has 166 valence electrons. The monoisotopic (exact) mass is 472 g/mol. The van der Waals surface area contributed by atoms with E-state index in [1.807, 2.05) is 19.1 Å². The molecule has 9 heteroatoms. The first kappa shape index (κ1) is 23.4. The van der Waals surface area contributed by atoms with Crippen molar-refractivity contribution in [3.05, 3.63) is 69.2 Å². The largest absolute Gasteiger partial charge is 0.389 e. The second-order valence-corrected chi connectivity index (χ2v) is 8.43. The molecule has 2 aromatic carbocycles. The van der Waals surface area contributed by atoms with Crippen LogP contribution in [0.1, 0.15) is 53.2 Å². The van der Waals surface area contributed by atoms with Crippen molar-refractivity contribution in [2.75, 3.05) is 13.1 Å². The summed E-state index contributed by atoms with van der Waals surface area (Å²) in [5.74, 6) is -0.950. The Bertz CT molecular complexity index is 964. The Morgan fingerprint density at radius 3 is 2.42 bits per heavy atom. The Labute approximate surface area is 188 Å². The number of hydrogen-bond acceptors (Lipinski definition) is 2. The van der Waals surface area contributed by atoms with Gasteiger partial charge in [-0.05, 0) is 53.8 Å². The summed E-state index contributed by atoms with van der Waals surface area (Å²) in [5.41, 5.74) is 1.76. The Morgan fingerprint density at radius 1 is 1.13 bits per heavy atom. The van der Waals surface area contributed by atoms with Crippen LogP contribution in [-0.4, -0.2) is 36.0 Å². The van der Waals surface area contributed by atoms with Gasteiger partial charge in [0.25, 0.3) is 5.91 Å². The van der Waals surface area contributed by atoms with Crippen LogP contribution in [-0.2, 0) is 4.79 Å². The molecular formula is C22H21Cl2F3N2O2. The van der Waals surface area contributed by atoms with Crippen LogP contribution in [0.4, 0.5) is 13.2 Å². The van der Waals surface area contributed by atoms with E-state index in [-0.39, 0.29) is 31.3 Å². The molecule has 0 spiro atoms. The number of alkyl halides is 3. The summed E-state index contributed by atoms with van der Waals surface area (Å²) in [6.45, 7) is 2.03. The molecule has 1 heterocycles. The number of carbonyl (C=O) groups excluding carboxylic acids is 2. The van der Waals surface area contributed by atoms with Crippen LogP contribution in [0.25, 0.3) is 0 Å². The summed E-state index contributed by atoms with van der Waals surface area (Å²) in [5, 5.41) is 3.49. The second kappa shape index (κ2) is 9.49. The number of amides is 2. The topological polar surface area (TPSA) is 49.4 Å². The molecule has 2 unspecified atom stereocenters. The molecule has 1 aliphatic rings. The van der Waals surface area contributed by atoms with E-state index >= 15 is 0 Å². The van der Waals surface area contributed by atoms with E-state index in [0.717, 1.165) is 5.56 Å². The minimum absolute atomic E-state index is 0.105. The van der Waals surface area contributed by atoms with Gasteiger partial charge in [0.2, 0.25) is 5.91 Å². The SMILES string of the molecule is CC(CN1C(=O)c2ccc(Cl)cc2C1C(=O)NCCCC(F)(F)F)c1ccc(Cl)cc1. The van der Waals surface area contributed by atoms with Gasteiger partial charge in [-0.3, -0.25) is 9.59 Å². The van der Waals surface area contributed by atoms with Crippen LogP contribution < -0.4 is 5.32 Å². The normalized spacial score (nSPS) is 16.9. The molecule has 1 N–H and O–H groups in total. The number of nitrogens with one attached hydrogen (secondary N) is 1. The zero-order valence-corrected chi connectivity index (χ0v) is 18.2. The molecule has 0 aliphatic carbocycles. The second-order valence-electron chi connectivity index (χ2n) is 7.55. The van der Waals surface area contributed by atoms with Gasteiger partial charge in [-0.2, -0.15) is 13.2 Å². The highest BCUT2D eigenvalue weighted by atomic mass is 35.5. The van der Waals surface area contributed by atoms with Gasteiger partial charge in [0.05, 0.1) is 0 Å². The number of fused-ring (bicyclic) bond motifs is 1. The smallest absolute Gasteiger partial charge is 0.354 e. The molecule has 3 rings (SSSR count). The van der Waals surface area contributed by atoms with Crippen LogP contribution in [0.3, 0.4) is 0 Å². The van der Waals surface area contributed by atoms with E-state index in [4.69, 9.17) is 23.2 Å². The maximum absolute atomic E-state index is 13.0. The van der Waals surface area contributed by atoms with Crippen LogP contribution in [0, 0.1) is 0 Å². The Hall–Kier alpha value is -2.25. The predicted octanol–water partition coefficient (Wildman–Crippen LogP) is 5.75. The summed E-state index contributed by atoms with van der Waals surface area (Å²) in [6.07, 6.45) is -5.51. The van der Waals surface area contributed by atoms with E-state index < -0.39 is 24.5 Å². The third-order valence-electron chi connectivity index (χ3n) is 5.21. The molecule has 31 heavy (non-hydrogen) atoms. The fourth-order valence-corrected chi connectivity index (χ4v) is 3.96. The zero-order chi connectivity index (χ0) is 22.8. The number of carbonyl (C=O) groups is 2. The summed E-state index contributed by atoms with van der Waals surface area (Å²) < 4.78 is 37.1. The summed E-state index contributed by atoms with van der Waals surface area (Å²) in [7, 11) is 0. The fraction of sp³-hybridized carbons (Fsp3) is 0.364. The first-order chi connectivity index (χ1) is 14.6. The van der Waals surface area contributed by atoms with E-state index in [0.29, 0.717) is 21.2 Å². The number of halogens is 5. The molecule has 0 radical (unpaired) electrons. The molecule has 1 aliphatic heterocycles. The Morgan fingerprint density at radius 2 is 1.77 bits per heavy atom. The van der Waals surface area contributed by atoms with E-state index in [1.165, 1.54) is 4.90 Å². The number of nitrogens with zero attached hydrogens (tertiary/aromatic N) is 1. The lowest BCUT2D eigenvalue weighted by molar-refractivity contribution is -0.136. The van der Waals surface area contributed by atoms with Gasteiger partial charge in [0.1, 0.15) is 6.04 Å². The summed E-state index contributed by atoms with van der Waals surface area (Å²) >= 11 is 12.0. The summed E-state index contributed by atoms with van der Waals surface area (Å²) in [4.78, 5) is 27.4. The van der Waals surface area contributed by atoms with E-state index in [9.17, 15) is 22.8 Å². The molecule has 2 aromatic rings. The highest BCUT2D eigenvalue weighted by Gasteiger charge is 2.41. The molecule has 0 aromatic heterocycles. The predicted molar refractivity (Wildman–Crippen MR) is 113 cm³/mol. The third-order valence-corrected chi connectivity index (χ3v) is 5.69. The molecule has 0 fully saturated rings. The van der Waals surface area contributed by atoms with Gasteiger partial charge in [-0.15, -0.1) is 0 Å². The Balaban J connectivity index is 1.80. The van der Waals surface area contributed by atoms with Crippen LogP contribution in [0.5, 0.6) is 0 Å². The highest BCUT2D eigenvalue weighted by molar-refractivity contribution is 6.31. The lowest BCUT2D eigenvalue weighted by Gasteiger charge is -2.27. The van der Waals surface area contributed by atoms with Crippen molar-refractivity contribution in [3.8, 4) is 0 Å². The highest BCUT2D eigenvalue weighted by Crippen LogP contribution is 2.37. The van der Waals surface area contributed by atoms with Gasteiger partial charge in [0.15, 0.2) is 0 Å². The van der Waals surface area contributed by atoms with Crippen LogP contribution in [0.15, 0.2) is 42.5 Å². The molecule has 0 saturated heterocycles. The molecule has 4 nitrogen and oxygen atoms in total. The van der Waals surface area contributed by atoms with Crippen molar-refractivity contribution < 1.29 is 22.8 Å². The van der Waals surface area contributed by atoms with Gasteiger partial charge in [-0.25, -0.2) is 0 Å². The van der Waals surface area contributed by atoms with Crippen molar-refractivity contribution >= 4 is 35.0 Å². The first-order valence-electron chi connectivity index (χ1n) is 9.77. The maximum atomic E-state index is 13.0. The minimum Gasteiger partial charge on any atom is -0.354 e. The molecule has 2 atom stereocenters. The quantitative estimate of drug-likeness (QED) is 0.521. The van der Waals surface area contributed by atoms with Crippen molar-refractivity contribution in [1.82, 2.24) is 10.2 Å². The molecule has 2 amide bonds. The number of benzene rings is 2. The molecule has 0 saturated carbocycles. The van der Waals surface area contributed by atoms with Crippen LogP contribution >= 0.6 is 23.2 Å². The summed E-state index contributed by atoms with van der Waals surface area (Å²) in [6, 6.07) is 10.9. The van der Waals surface area contributed by atoms with E-state index in [1.54, 1.807) is 30.3 Å². The van der Waals surface area contributed by atoms with Gasteiger partial charge < -0.3 is 10.2 Å². The lowest BCUT2D eigenvalue weighted by Crippen LogP contribution is -2.41. The lowest BCUT2D eigenvalue weighted by atomic mass is 9.99. The average molecular weight is 473 g/mol. The van der Waals surface area contributed by atoms with Gasteiger partial charge in [-0.1, -0.05) is 42.3 Å². The number of hydrogen-bond donors (Lipinski definition) is 1.